The van der Waals surface area contributed by atoms with Crippen molar-refractivity contribution in [3.63, 3.8) is 0 Å². The number of carbonyl (C=O) groups excluding carboxylic acids is 1. The van der Waals surface area contributed by atoms with E-state index in [1.165, 1.54) is 25.0 Å². The highest BCUT2D eigenvalue weighted by atomic mass is 32.1. The molecule has 2 fully saturated rings. The van der Waals surface area contributed by atoms with Crippen molar-refractivity contribution in [2.45, 2.75) is 38.3 Å². The van der Waals surface area contributed by atoms with Gasteiger partial charge in [0.2, 0.25) is 5.91 Å². The van der Waals surface area contributed by atoms with Gasteiger partial charge in [-0.05, 0) is 37.1 Å². The number of carbonyl (C=O) groups is 1. The normalized spacial score (nSPS) is 19.2. The standard InChI is InChI=1S/C21H27FN4OS/c22-17-7-5-16(6-8-17)19-15-28-21(24-19)14-26-11-9-25(10-12-26)13-20(27)23-18-3-1-2-4-18/h5-8,15,18H,1-4,9-14H2,(H,23,27). The number of thiazole rings is 1. The fraction of sp³-hybridized carbons (Fsp3) is 0.524. The number of hydrogen-bond acceptors (Lipinski definition) is 5. The van der Waals surface area contributed by atoms with Crippen molar-refractivity contribution in [2.24, 2.45) is 0 Å². The van der Waals surface area contributed by atoms with Crippen LogP contribution in [0.25, 0.3) is 11.3 Å². The smallest absolute Gasteiger partial charge is 0.234 e. The molecule has 2 heterocycles. The number of nitrogens with one attached hydrogen (secondary N) is 1. The highest BCUT2D eigenvalue weighted by Gasteiger charge is 2.22. The topological polar surface area (TPSA) is 48.5 Å². The van der Waals surface area contributed by atoms with Crippen LogP contribution in [0.3, 0.4) is 0 Å². The summed E-state index contributed by atoms with van der Waals surface area (Å²) in [6.45, 7) is 5.05. The Balaban J connectivity index is 1.22. The van der Waals surface area contributed by atoms with Gasteiger partial charge in [-0.1, -0.05) is 12.8 Å². The number of benzene rings is 1. The van der Waals surface area contributed by atoms with E-state index in [9.17, 15) is 9.18 Å². The zero-order valence-corrected chi connectivity index (χ0v) is 16.9. The molecule has 1 aromatic heterocycles. The first-order valence-corrected chi connectivity index (χ1v) is 11.0. The fourth-order valence-electron chi connectivity index (χ4n) is 3.98. The van der Waals surface area contributed by atoms with E-state index < -0.39 is 0 Å². The second-order valence-electron chi connectivity index (χ2n) is 7.73. The Hall–Kier alpha value is -1.83. The number of aromatic nitrogens is 1. The molecular weight excluding hydrogens is 375 g/mol. The van der Waals surface area contributed by atoms with Gasteiger partial charge in [0, 0.05) is 43.2 Å². The Morgan fingerprint density at radius 2 is 1.79 bits per heavy atom. The number of amides is 1. The van der Waals surface area contributed by atoms with Gasteiger partial charge in [0.1, 0.15) is 10.8 Å². The largest absolute Gasteiger partial charge is 0.352 e. The summed E-state index contributed by atoms with van der Waals surface area (Å²) < 4.78 is 13.1. The third kappa shape index (κ3) is 5.16. The molecule has 1 aliphatic heterocycles. The van der Waals surface area contributed by atoms with Gasteiger partial charge in [0.25, 0.3) is 0 Å². The quantitative estimate of drug-likeness (QED) is 0.807. The van der Waals surface area contributed by atoms with Gasteiger partial charge in [-0.15, -0.1) is 11.3 Å². The fourth-order valence-corrected chi connectivity index (χ4v) is 4.82. The van der Waals surface area contributed by atoms with Crippen molar-refractivity contribution in [2.75, 3.05) is 32.7 Å². The molecule has 1 aliphatic carbocycles. The van der Waals surface area contributed by atoms with Crippen LogP contribution in [0.15, 0.2) is 29.6 Å². The minimum Gasteiger partial charge on any atom is -0.352 e. The minimum atomic E-state index is -0.228. The molecule has 7 heteroatoms. The summed E-state index contributed by atoms with van der Waals surface area (Å²) in [6, 6.07) is 6.87. The van der Waals surface area contributed by atoms with Gasteiger partial charge in [0.05, 0.1) is 18.8 Å². The average molecular weight is 403 g/mol. The summed E-state index contributed by atoms with van der Waals surface area (Å²) in [5, 5.41) is 6.28. The maximum Gasteiger partial charge on any atom is 0.234 e. The third-order valence-electron chi connectivity index (χ3n) is 5.60. The van der Waals surface area contributed by atoms with Crippen LogP contribution in [0.1, 0.15) is 30.7 Å². The van der Waals surface area contributed by atoms with Crippen LogP contribution in [-0.4, -0.2) is 59.5 Å². The molecule has 0 unspecified atom stereocenters. The minimum absolute atomic E-state index is 0.171. The number of nitrogens with zero attached hydrogens (tertiary/aromatic N) is 3. The van der Waals surface area contributed by atoms with Crippen LogP contribution < -0.4 is 5.32 Å². The zero-order valence-electron chi connectivity index (χ0n) is 16.1. The average Bonchev–Trinajstić information content (AvgIpc) is 3.36. The summed E-state index contributed by atoms with van der Waals surface area (Å²) in [4.78, 5) is 21.5. The van der Waals surface area contributed by atoms with E-state index in [0.29, 0.717) is 12.6 Å². The van der Waals surface area contributed by atoms with Crippen LogP contribution in [0.5, 0.6) is 0 Å². The van der Waals surface area contributed by atoms with E-state index in [1.807, 2.05) is 5.38 Å². The summed E-state index contributed by atoms with van der Waals surface area (Å²) in [5.74, 6) is -0.0572. The molecule has 2 aliphatic rings. The molecule has 1 aromatic carbocycles. The van der Waals surface area contributed by atoms with Gasteiger partial charge >= 0.3 is 0 Å². The first-order chi connectivity index (χ1) is 13.7. The van der Waals surface area contributed by atoms with E-state index in [1.54, 1.807) is 23.5 Å². The Bertz CT molecular complexity index is 780. The third-order valence-corrected chi connectivity index (χ3v) is 6.44. The summed E-state index contributed by atoms with van der Waals surface area (Å²) in [6.07, 6.45) is 4.74. The highest BCUT2D eigenvalue weighted by Crippen LogP contribution is 2.23. The van der Waals surface area contributed by atoms with E-state index in [4.69, 9.17) is 4.98 Å². The van der Waals surface area contributed by atoms with Crippen LogP contribution in [-0.2, 0) is 11.3 Å². The molecule has 150 valence electrons. The second-order valence-corrected chi connectivity index (χ2v) is 8.68. The molecule has 0 radical (unpaired) electrons. The van der Waals surface area contributed by atoms with Gasteiger partial charge < -0.3 is 5.32 Å². The maximum absolute atomic E-state index is 13.1. The van der Waals surface area contributed by atoms with Crippen molar-refractivity contribution in [3.8, 4) is 11.3 Å². The number of hydrogen-bond donors (Lipinski definition) is 1. The van der Waals surface area contributed by atoms with Crippen molar-refractivity contribution in [1.82, 2.24) is 20.1 Å². The molecule has 4 rings (SSSR count). The predicted octanol–water partition coefficient (Wildman–Crippen LogP) is 3.13. The Labute approximate surface area is 169 Å². The molecular formula is C21H27FN4OS. The molecule has 1 saturated carbocycles. The monoisotopic (exact) mass is 402 g/mol. The number of rotatable bonds is 6. The van der Waals surface area contributed by atoms with E-state index in [-0.39, 0.29) is 11.7 Å². The van der Waals surface area contributed by atoms with Crippen molar-refractivity contribution in [1.29, 1.82) is 0 Å². The van der Waals surface area contributed by atoms with Crippen molar-refractivity contribution in [3.05, 3.63) is 40.5 Å². The first-order valence-electron chi connectivity index (χ1n) is 10.1. The van der Waals surface area contributed by atoms with Gasteiger partial charge in [-0.25, -0.2) is 9.37 Å². The SMILES string of the molecule is O=C(CN1CCN(Cc2nc(-c3ccc(F)cc3)cs2)CC1)NC1CCCC1. The van der Waals surface area contributed by atoms with Crippen LogP contribution in [0.4, 0.5) is 4.39 Å². The second kappa shape index (κ2) is 9.11. The molecule has 0 bridgehead atoms. The van der Waals surface area contributed by atoms with E-state index in [2.05, 4.69) is 15.1 Å². The van der Waals surface area contributed by atoms with E-state index in [0.717, 1.165) is 61.8 Å². The predicted molar refractivity (Wildman–Crippen MR) is 110 cm³/mol. The van der Waals surface area contributed by atoms with E-state index >= 15 is 0 Å². The summed E-state index contributed by atoms with van der Waals surface area (Å²) in [5.41, 5.74) is 1.85. The van der Waals surface area contributed by atoms with Crippen molar-refractivity contribution >= 4 is 17.2 Å². The van der Waals surface area contributed by atoms with Gasteiger partial charge in [-0.2, -0.15) is 0 Å². The Morgan fingerprint density at radius 1 is 1.11 bits per heavy atom. The molecule has 1 saturated heterocycles. The molecule has 28 heavy (non-hydrogen) atoms. The van der Waals surface area contributed by atoms with Crippen LogP contribution in [0, 0.1) is 5.82 Å². The Kier molecular flexibility index (Phi) is 6.34. The number of halogens is 1. The summed E-state index contributed by atoms with van der Waals surface area (Å²) >= 11 is 1.65. The lowest BCUT2D eigenvalue weighted by atomic mass is 10.2. The maximum atomic E-state index is 13.1. The molecule has 1 amide bonds. The number of piperazine rings is 1. The lowest BCUT2D eigenvalue weighted by Gasteiger charge is -2.34. The molecule has 5 nitrogen and oxygen atoms in total. The lowest BCUT2D eigenvalue weighted by molar-refractivity contribution is -0.123. The van der Waals surface area contributed by atoms with Gasteiger partial charge in [0.15, 0.2) is 0 Å². The highest BCUT2D eigenvalue weighted by molar-refractivity contribution is 7.09. The van der Waals surface area contributed by atoms with Gasteiger partial charge in [-0.3, -0.25) is 14.6 Å². The molecule has 2 aromatic rings. The molecule has 0 spiro atoms. The zero-order chi connectivity index (χ0) is 19.3. The van der Waals surface area contributed by atoms with Crippen LogP contribution >= 0.6 is 11.3 Å². The summed E-state index contributed by atoms with van der Waals surface area (Å²) in [7, 11) is 0. The molecule has 1 N–H and O–H groups in total. The lowest BCUT2D eigenvalue weighted by Crippen LogP contribution is -2.50. The first kappa shape index (κ1) is 19.5. The Morgan fingerprint density at radius 3 is 2.50 bits per heavy atom. The van der Waals surface area contributed by atoms with Crippen LogP contribution in [0.2, 0.25) is 0 Å². The molecule has 0 atom stereocenters. The van der Waals surface area contributed by atoms with Crippen molar-refractivity contribution < 1.29 is 9.18 Å².